The summed E-state index contributed by atoms with van der Waals surface area (Å²) in [4.78, 5) is 35.6. The fraction of sp³-hybridized carbons (Fsp3) is 0. The number of nitrogens with zero attached hydrogens (tertiary/aromatic N) is 2. The molecule has 6 heteroatoms. The van der Waals surface area contributed by atoms with E-state index < -0.39 is 11.2 Å². The highest BCUT2D eigenvalue weighted by Crippen LogP contribution is 2.14. The quantitative estimate of drug-likeness (QED) is 0.654. The van der Waals surface area contributed by atoms with Gasteiger partial charge in [-0.1, -0.05) is 30.3 Å². The van der Waals surface area contributed by atoms with E-state index in [4.69, 9.17) is 0 Å². The number of benzene rings is 1. The van der Waals surface area contributed by atoms with Gasteiger partial charge in [-0.2, -0.15) is 0 Å². The predicted octanol–water partition coefficient (Wildman–Crippen LogP) is 0.673. The smallest absolute Gasteiger partial charge is 0.304 e. The third kappa shape index (κ3) is 1.69. The van der Waals surface area contributed by atoms with Crippen molar-refractivity contribution < 1.29 is 0 Å². The molecule has 18 heavy (non-hydrogen) atoms. The number of aromatic amines is 2. The zero-order chi connectivity index (χ0) is 12.5. The maximum Gasteiger partial charge on any atom is 0.326 e. The Bertz CT molecular complexity index is 821. The minimum Gasteiger partial charge on any atom is -0.304 e. The molecule has 0 atom stereocenters. The Balaban J connectivity index is 2.30. The van der Waals surface area contributed by atoms with Crippen LogP contribution in [0.1, 0.15) is 0 Å². The molecule has 3 aromatic rings. The molecule has 0 unspecified atom stereocenters. The maximum absolute atomic E-state index is 11.6. The van der Waals surface area contributed by atoms with Crippen molar-refractivity contribution in [3.8, 4) is 11.4 Å². The van der Waals surface area contributed by atoms with E-state index in [2.05, 4.69) is 19.9 Å². The SMILES string of the molecule is O=c1[nH]c(=O)c2nc(-c3ccccc3)ncc2[nH]1. The normalized spacial score (nSPS) is 10.7. The van der Waals surface area contributed by atoms with Gasteiger partial charge in [0.2, 0.25) is 0 Å². The summed E-state index contributed by atoms with van der Waals surface area (Å²) < 4.78 is 0. The van der Waals surface area contributed by atoms with E-state index in [0.717, 1.165) is 5.56 Å². The summed E-state index contributed by atoms with van der Waals surface area (Å²) in [5, 5.41) is 0. The van der Waals surface area contributed by atoms with Crippen molar-refractivity contribution >= 4 is 11.0 Å². The molecule has 6 nitrogen and oxygen atoms in total. The van der Waals surface area contributed by atoms with E-state index in [0.29, 0.717) is 11.3 Å². The predicted molar refractivity (Wildman–Crippen MR) is 66.2 cm³/mol. The molecule has 0 amide bonds. The Labute approximate surface area is 100 Å². The van der Waals surface area contributed by atoms with Crippen molar-refractivity contribution in [1.82, 2.24) is 19.9 Å². The Morgan fingerprint density at radius 1 is 1.00 bits per heavy atom. The summed E-state index contributed by atoms with van der Waals surface area (Å²) in [6, 6.07) is 9.30. The Hall–Kier alpha value is -2.76. The molecule has 0 aliphatic rings. The molecular weight excluding hydrogens is 232 g/mol. The highest BCUT2D eigenvalue weighted by molar-refractivity contribution is 5.74. The molecule has 2 N–H and O–H groups in total. The van der Waals surface area contributed by atoms with E-state index in [1.165, 1.54) is 6.20 Å². The fourth-order valence-electron chi connectivity index (χ4n) is 1.69. The van der Waals surface area contributed by atoms with Gasteiger partial charge in [-0.05, 0) is 0 Å². The average Bonchev–Trinajstić information content (AvgIpc) is 2.39. The lowest BCUT2D eigenvalue weighted by Gasteiger charge is -2.00. The molecule has 0 radical (unpaired) electrons. The van der Waals surface area contributed by atoms with Crippen molar-refractivity contribution in [2.75, 3.05) is 0 Å². The van der Waals surface area contributed by atoms with Crippen LogP contribution in [0.25, 0.3) is 22.4 Å². The number of nitrogens with one attached hydrogen (secondary N) is 2. The van der Waals surface area contributed by atoms with Gasteiger partial charge in [-0.15, -0.1) is 0 Å². The molecule has 0 spiro atoms. The van der Waals surface area contributed by atoms with Gasteiger partial charge in [0.15, 0.2) is 11.3 Å². The van der Waals surface area contributed by atoms with Gasteiger partial charge in [0.25, 0.3) is 5.56 Å². The van der Waals surface area contributed by atoms with Crippen molar-refractivity contribution in [3.05, 3.63) is 57.4 Å². The molecule has 1 aromatic carbocycles. The Kier molecular flexibility index (Phi) is 2.26. The molecule has 0 fully saturated rings. The topological polar surface area (TPSA) is 91.5 Å². The van der Waals surface area contributed by atoms with Crippen molar-refractivity contribution in [2.24, 2.45) is 0 Å². The number of hydrogen-bond donors (Lipinski definition) is 2. The van der Waals surface area contributed by atoms with Crippen LogP contribution in [0.3, 0.4) is 0 Å². The van der Waals surface area contributed by atoms with Crippen LogP contribution in [-0.2, 0) is 0 Å². The fourth-order valence-corrected chi connectivity index (χ4v) is 1.69. The van der Waals surface area contributed by atoms with Crippen molar-refractivity contribution in [1.29, 1.82) is 0 Å². The molecule has 2 heterocycles. The summed E-state index contributed by atoms with van der Waals surface area (Å²) in [6.07, 6.45) is 1.43. The van der Waals surface area contributed by atoms with E-state index in [9.17, 15) is 9.59 Å². The highest BCUT2D eigenvalue weighted by atomic mass is 16.2. The second kappa shape index (κ2) is 3.92. The van der Waals surface area contributed by atoms with E-state index >= 15 is 0 Å². The Morgan fingerprint density at radius 2 is 1.78 bits per heavy atom. The third-order valence-electron chi connectivity index (χ3n) is 2.51. The second-order valence-corrected chi connectivity index (χ2v) is 3.73. The molecule has 3 rings (SSSR count). The molecular formula is C12H8N4O2. The van der Waals surface area contributed by atoms with Crippen LogP contribution in [0.2, 0.25) is 0 Å². The average molecular weight is 240 g/mol. The van der Waals surface area contributed by atoms with Gasteiger partial charge in [-0.3, -0.25) is 9.78 Å². The zero-order valence-corrected chi connectivity index (χ0v) is 9.18. The summed E-state index contributed by atoms with van der Waals surface area (Å²) >= 11 is 0. The number of rotatable bonds is 1. The maximum atomic E-state index is 11.6. The van der Waals surface area contributed by atoms with Gasteiger partial charge < -0.3 is 4.98 Å². The molecule has 0 saturated carbocycles. The zero-order valence-electron chi connectivity index (χ0n) is 9.18. The number of aromatic nitrogens is 4. The summed E-state index contributed by atoms with van der Waals surface area (Å²) in [5.41, 5.74) is 0.216. The lowest BCUT2D eigenvalue weighted by atomic mass is 10.2. The standard InChI is InChI=1S/C12H8N4O2/c17-11-9-8(14-12(18)16-11)6-13-10(15-9)7-4-2-1-3-5-7/h1-6H,(H2,14,16,17,18). The first-order chi connectivity index (χ1) is 8.74. The summed E-state index contributed by atoms with van der Waals surface area (Å²) in [6.45, 7) is 0. The van der Waals surface area contributed by atoms with Gasteiger partial charge >= 0.3 is 5.69 Å². The van der Waals surface area contributed by atoms with Crippen molar-refractivity contribution in [2.45, 2.75) is 0 Å². The van der Waals surface area contributed by atoms with Crippen LogP contribution in [0.4, 0.5) is 0 Å². The summed E-state index contributed by atoms with van der Waals surface area (Å²) in [5.74, 6) is 0.445. The van der Waals surface area contributed by atoms with Crippen LogP contribution in [0.15, 0.2) is 46.1 Å². The van der Waals surface area contributed by atoms with Gasteiger partial charge in [0.1, 0.15) is 0 Å². The lowest BCUT2D eigenvalue weighted by molar-refractivity contribution is 1.05. The highest BCUT2D eigenvalue weighted by Gasteiger charge is 2.06. The molecule has 0 aliphatic carbocycles. The number of H-pyrrole nitrogens is 2. The van der Waals surface area contributed by atoms with Crippen LogP contribution in [0, 0.1) is 0 Å². The molecule has 2 aromatic heterocycles. The molecule has 0 aliphatic heterocycles. The van der Waals surface area contributed by atoms with Crippen LogP contribution in [-0.4, -0.2) is 19.9 Å². The van der Waals surface area contributed by atoms with E-state index in [1.54, 1.807) is 0 Å². The number of fused-ring (bicyclic) bond motifs is 1. The third-order valence-corrected chi connectivity index (χ3v) is 2.51. The minimum absolute atomic E-state index is 0.170. The lowest BCUT2D eigenvalue weighted by Crippen LogP contribution is -2.22. The molecule has 0 saturated heterocycles. The molecule has 0 bridgehead atoms. The monoisotopic (exact) mass is 240 g/mol. The first-order valence-electron chi connectivity index (χ1n) is 5.29. The largest absolute Gasteiger partial charge is 0.326 e. The van der Waals surface area contributed by atoms with Gasteiger partial charge in [0.05, 0.1) is 11.7 Å². The van der Waals surface area contributed by atoms with Crippen molar-refractivity contribution in [3.63, 3.8) is 0 Å². The summed E-state index contributed by atoms with van der Waals surface area (Å²) in [7, 11) is 0. The molecule has 88 valence electrons. The second-order valence-electron chi connectivity index (χ2n) is 3.73. The first kappa shape index (κ1) is 10.4. The van der Waals surface area contributed by atoms with Crippen LogP contribution < -0.4 is 11.2 Å². The van der Waals surface area contributed by atoms with E-state index in [1.807, 2.05) is 30.3 Å². The Morgan fingerprint density at radius 3 is 2.56 bits per heavy atom. The van der Waals surface area contributed by atoms with Gasteiger partial charge in [0, 0.05) is 5.56 Å². The minimum atomic E-state index is -0.566. The van der Waals surface area contributed by atoms with Crippen LogP contribution in [0.5, 0.6) is 0 Å². The first-order valence-corrected chi connectivity index (χ1v) is 5.29. The number of hydrogen-bond acceptors (Lipinski definition) is 4. The van der Waals surface area contributed by atoms with E-state index in [-0.39, 0.29) is 5.52 Å². The van der Waals surface area contributed by atoms with Gasteiger partial charge in [-0.25, -0.2) is 14.8 Å². The van der Waals surface area contributed by atoms with Crippen LogP contribution >= 0.6 is 0 Å².